The van der Waals surface area contributed by atoms with Crippen molar-refractivity contribution in [3.63, 3.8) is 0 Å². The third-order valence-corrected chi connectivity index (χ3v) is 5.79. The lowest BCUT2D eigenvalue weighted by atomic mass is 10.1. The van der Waals surface area contributed by atoms with Crippen LogP contribution in [0.2, 0.25) is 5.02 Å². The number of terminal acetylenes is 1. The average Bonchev–Trinajstić information content (AvgIpc) is 2.99. The van der Waals surface area contributed by atoms with Crippen molar-refractivity contribution in [2.75, 3.05) is 13.7 Å². The van der Waals surface area contributed by atoms with Crippen molar-refractivity contribution in [2.45, 2.75) is 6.92 Å². The van der Waals surface area contributed by atoms with Gasteiger partial charge < -0.3 is 9.47 Å². The van der Waals surface area contributed by atoms with Crippen molar-refractivity contribution in [3.8, 4) is 23.8 Å². The van der Waals surface area contributed by atoms with Crippen LogP contribution in [0.4, 0.5) is 0 Å². The molecule has 0 bridgehead atoms. The summed E-state index contributed by atoms with van der Waals surface area (Å²) in [5, 5.41) is 1.32. The van der Waals surface area contributed by atoms with Crippen LogP contribution in [0.25, 0.3) is 6.08 Å². The number of methoxy groups -OCH3 is 1. The van der Waals surface area contributed by atoms with E-state index in [-0.39, 0.29) is 21.5 Å². The Morgan fingerprint density at radius 3 is 2.77 bits per heavy atom. The first-order valence-electron chi connectivity index (χ1n) is 8.93. The van der Waals surface area contributed by atoms with Crippen LogP contribution >= 0.6 is 35.6 Å². The minimum atomic E-state index is -0.528. The highest BCUT2D eigenvalue weighted by molar-refractivity contribution is 8.26. The number of aryl methyl sites for hydroxylation is 1. The molecule has 1 N–H and O–H groups in total. The summed E-state index contributed by atoms with van der Waals surface area (Å²) in [7, 11) is 1.51. The van der Waals surface area contributed by atoms with E-state index in [1.54, 1.807) is 42.5 Å². The summed E-state index contributed by atoms with van der Waals surface area (Å²) in [5.41, 5.74) is 4.38. The van der Waals surface area contributed by atoms with Crippen LogP contribution in [0, 0.1) is 19.3 Å². The Morgan fingerprint density at radius 1 is 1.32 bits per heavy atom. The molecule has 1 saturated heterocycles. The molecule has 0 radical (unpaired) electrons. The molecular weight excluding hydrogens is 456 g/mol. The number of nitrogens with one attached hydrogen (secondary N) is 1. The highest BCUT2D eigenvalue weighted by Crippen LogP contribution is 2.34. The summed E-state index contributed by atoms with van der Waals surface area (Å²) in [6, 6.07) is 10.2. The number of hydrazine groups is 1. The Kier molecular flexibility index (Phi) is 7.23. The van der Waals surface area contributed by atoms with E-state index < -0.39 is 11.8 Å². The van der Waals surface area contributed by atoms with Crippen LogP contribution in [-0.2, 0) is 4.79 Å². The van der Waals surface area contributed by atoms with Crippen LogP contribution < -0.4 is 14.9 Å². The fourth-order valence-electron chi connectivity index (χ4n) is 2.69. The van der Waals surface area contributed by atoms with E-state index in [0.29, 0.717) is 22.0 Å². The maximum Gasteiger partial charge on any atom is 0.285 e. The van der Waals surface area contributed by atoms with Crippen LogP contribution in [0.3, 0.4) is 0 Å². The van der Waals surface area contributed by atoms with Crippen molar-refractivity contribution in [2.24, 2.45) is 0 Å². The van der Waals surface area contributed by atoms with Crippen LogP contribution in [-0.4, -0.2) is 34.9 Å². The number of thiocarbonyl (C=S) groups is 1. The van der Waals surface area contributed by atoms with Gasteiger partial charge in [-0.25, -0.2) is 0 Å². The lowest BCUT2D eigenvalue weighted by Gasteiger charge is -2.16. The van der Waals surface area contributed by atoms with Gasteiger partial charge in [0.2, 0.25) is 0 Å². The molecule has 0 spiro atoms. The predicted octanol–water partition coefficient (Wildman–Crippen LogP) is 4.22. The molecule has 9 heteroatoms. The van der Waals surface area contributed by atoms with E-state index in [0.717, 1.165) is 22.3 Å². The third-order valence-electron chi connectivity index (χ3n) is 4.17. The smallest absolute Gasteiger partial charge is 0.285 e. The van der Waals surface area contributed by atoms with E-state index in [9.17, 15) is 9.59 Å². The van der Waals surface area contributed by atoms with Gasteiger partial charge in [0.15, 0.2) is 15.8 Å². The maximum absolute atomic E-state index is 12.8. The summed E-state index contributed by atoms with van der Waals surface area (Å²) in [4.78, 5) is 25.7. The Morgan fingerprint density at radius 2 is 2.10 bits per heavy atom. The number of hydrogen-bond acceptors (Lipinski definition) is 6. The standard InChI is InChI=1S/C22H17ClN2O4S2/c1-4-9-29-17-8-6-14(11-18(17)28-3)12-19-21(27)25(22(30)31-19)24-20(26)15-7-5-13(2)10-16(15)23/h1,5-8,10-12H,9H2,2-3H3,(H,24,26)/b19-12-. The first kappa shape index (κ1) is 22.7. The molecule has 2 amide bonds. The van der Waals surface area contributed by atoms with Crippen molar-refractivity contribution in [1.29, 1.82) is 0 Å². The number of halogens is 1. The summed E-state index contributed by atoms with van der Waals surface area (Å²) in [5.74, 6) is 2.38. The highest BCUT2D eigenvalue weighted by Gasteiger charge is 2.34. The molecule has 2 aromatic carbocycles. The van der Waals surface area contributed by atoms with E-state index in [4.69, 9.17) is 39.7 Å². The quantitative estimate of drug-likeness (QED) is 0.386. The fraction of sp³-hybridized carbons (Fsp3) is 0.136. The number of carbonyl (C=O) groups excluding carboxylic acids is 2. The number of amides is 2. The van der Waals surface area contributed by atoms with Crippen molar-refractivity contribution in [3.05, 3.63) is 63.0 Å². The van der Waals surface area contributed by atoms with E-state index in [1.807, 2.05) is 6.92 Å². The number of carbonyl (C=O) groups is 2. The molecule has 6 nitrogen and oxygen atoms in total. The second-order valence-corrected chi connectivity index (χ2v) is 8.43. The van der Waals surface area contributed by atoms with Crippen molar-refractivity contribution < 1.29 is 19.1 Å². The molecule has 0 unspecified atom stereocenters. The lowest BCUT2D eigenvalue weighted by molar-refractivity contribution is -0.123. The summed E-state index contributed by atoms with van der Waals surface area (Å²) >= 11 is 12.5. The van der Waals surface area contributed by atoms with Crippen LogP contribution in [0.15, 0.2) is 41.3 Å². The van der Waals surface area contributed by atoms with Gasteiger partial charge in [0.05, 0.1) is 22.6 Å². The van der Waals surface area contributed by atoms with E-state index in [1.165, 1.54) is 7.11 Å². The molecule has 0 saturated carbocycles. The van der Waals surface area contributed by atoms with Gasteiger partial charge in [0.1, 0.15) is 6.61 Å². The number of thioether (sulfide) groups is 1. The zero-order valence-electron chi connectivity index (χ0n) is 16.6. The number of hydrogen-bond donors (Lipinski definition) is 1. The first-order chi connectivity index (χ1) is 14.8. The lowest BCUT2D eigenvalue weighted by Crippen LogP contribution is -2.44. The maximum atomic E-state index is 12.8. The molecule has 2 aromatic rings. The molecule has 1 aliphatic rings. The van der Waals surface area contributed by atoms with E-state index in [2.05, 4.69) is 11.3 Å². The first-order valence-corrected chi connectivity index (χ1v) is 10.5. The molecule has 1 heterocycles. The Balaban J connectivity index is 1.79. The Labute approximate surface area is 194 Å². The van der Waals surface area contributed by atoms with Gasteiger partial charge in [-0.15, -0.1) is 6.42 Å². The summed E-state index contributed by atoms with van der Waals surface area (Å²) in [6.07, 6.45) is 6.87. The van der Waals surface area contributed by atoms with Gasteiger partial charge in [-0.05, 0) is 60.6 Å². The molecule has 0 aromatic heterocycles. The minimum absolute atomic E-state index is 0.110. The second kappa shape index (κ2) is 9.88. The van der Waals surface area contributed by atoms with Crippen molar-refractivity contribution in [1.82, 2.24) is 10.4 Å². The molecule has 1 aliphatic heterocycles. The molecule has 158 valence electrons. The van der Waals surface area contributed by atoms with Gasteiger partial charge in [0.25, 0.3) is 11.8 Å². The minimum Gasteiger partial charge on any atom is -0.493 e. The normalized spacial score (nSPS) is 14.5. The van der Waals surface area contributed by atoms with Crippen LogP contribution in [0.5, 0.6) is 11.5 Å². The molecule has 3 rings (SSSR count). The van der Waals surface area contributed by atoms with Gasteiger partial charge in [-0.2, -0.15) is 5.01 Å². The zero-order valence-corrected chi connectivity index (χ0v) is 19.0. The highest BCUT2D eigenvalue weighted by atomic mass is 35.5. The second-order valence-electron chi connectivity index (χ2n) is 6.34. The molecular formula is C22H17ClN2O4S2. The summed E-state index contributed by atoms with van der Waals surface area (Å²) in [6.45, 7) is 1.97. The van der Waals surface area contributed by atoms with Gasteiger partial charge in [-0.3, -0.25) is 15.0 Å². The Hall–Kier alpha value is -2.99. The number of nitrogens with zero attached hydrogens (tertiary/aromatic N) is 1. The van der Waals surface area contributed by atoms with Gasteiger partial charge >= 0.3 is 0 Å². The van der Waals surface area contributed by atoms with Gasteiger partial charge in [0, 0.05) is 0 Å². The molecule has 0 aliphatic carbocycles. The fourth-order valence-corrected chi connectivity index (χ4v) is 4.19. The molecule has 1 fully saturated rings. The number of rotatable bonds is 6. The largest absolute Gasteiger partial charge is 0.493 e. The average molecular weight is 473 g/mol. The predicted molar refractivity (Wildman–Crippen MR) is 126 cm³/mol. The molecule has 31 heavy (non-hydrogen) atoms. The van der Waals surface area contributed by atoms with E-state index >= 15 is 0 Å². The summed E-state index contributed by atoms with van der Waals surface area (Å²) < 4.78 is 10.9. The Bertz CT molecular complexity index is 1140. The monoisotopic (exact) mass is 472 g/mol. The topological polar surface area (TPSA) is 67.9 Å². The van der Waals surface area contributed by atoms with Gasteiger partial charge in [-0.1, -0.05) is 41.4 Å². The zero-order chi connectivity index (χ0) is 22.5. The SMILES string of the molecule is C#CCOc1ccc(/C=C2\SC(=S)N(NC(=O)c3ccc(C)cc3Cl)C2=O)cc1OC. The number of benzene rings is 2. The molecule has 0 atom stereocenters. The third kappa shape index (κ3) is 5.20. The van der Waals surface area contributed by atoms with Crippen LogP contribution in [0.1, 0.15) is 21.5 Å². The number of ether oxygens (including phenoxy) is 2. The van der Waals surface area contributed by atoms with Crippen molar-refractivity contribution >= 4 is 57.8 Å².